The second-order valence-corrected chi connectivity index (χ2v) is 11.3. The number of fused-ring (bicyclic) bond motifs is 1. The summed E-state index contributed by atoms with van der Waals surface area (Å²) in [4.78, 5) is 31.7. The summed E-state index contributed by atoms with van der Waals surface area (Å²) in [6.45, 7) is 6.20. The molecule has 3 heterocycles. The molecule has 35 heavy (non-hydrogen) atoms. The number of nitrogens with one attached hydrogen (secondary N) is 1. The van der Waals surface area contributed by atoms with Crippen molar-refractivity contribution in [1.82, 2.24) is 15.1 Å². The number of unbranched alkanes of at least 4 members (excludes halogenated alkanes) is 1. The Labute approximate surface area is 210 Å². The van der Waals surface area contributed by atoms with Crippen LogP contribution in [0.1, 0.15) is 88.7 Å². The van der Waals surface area contributed by atoms with Crippen molar-refractivity contribution in [1.29, 1.82) is 0 Å². The molecule has 2 saturated heterocycles. The van der Waals surface area contributed by atoms with E-state index in [1.165, 1.54) is 43.2 Å². The average Bonchev–Trinajstić information content (AvgIpc) is 3.35. The molecular weight excluding hydrogens is 438 g/mol. The Kier molecular flexibility index (Phi) is 7.66. The molecule has 5 rings (SSSR count). The maximum atomic E-state index is 13.7. The zero-order valence-corrected chi connectivity index (χ0v) is 21.5. The van der Waals surface area contributed by atoms with Gasteiger partial charge in [0.25, 0.3) is 0 Å². The van der Waals surface area contributed by atoms with Crippen LogP contribution in [0.15, 0.2) is 18.2 Å². The number of ether oxygens (including phenoxy) is 1. The summed E-state index contributed by atoms with van der Waals surface area (Å²) in [5, 5.41) is 3.20. The highest BCUT2D eigenvalue weighted by Crippen LogP contribution is 2.36. The van der Waals surface area contributed by atoms with Gasteiger partial charge in [-0.3, -0.25) is 14.5 Å². The number of rotatable bonds is 8. The molecule has 1 aromatic carbocycles. The minimum atomic E-state index is -0.671. The van der Waals surface area contributed by atoms with Crippen LogP contribution in [0.25, 0.3) is 0 Å². The Hall–Kier alpha value is -2.08. The van der Waals surface area contributed by atoms with Crippen molar-refractivity contribution in [2.75, 3.05) is 26.2 Å². The van der Waals surface area contributed by atoms with Gasteiger partial charge in [0.1, 0.15) is 17.3 Å². The van der Waals surface area contributed by atoms with Crippen LogP contribution in [-0.4, -0.2) is 59.4 Å². The standard InChI is InChI=1S/C29H43N3O3/c1-2-3-16-32-27(33)25(11-9-22-7-5-4-6-8-22)30-28(34)29(32)14-17-31(18-15-29)21-23-10-12-26-24(20-23)13-19-35-26/h10,12,20,22,25H,2-9,11,13-19,21H2,1H3,(H,30,34)/t25-/m0/s1. The van der Waals surface area contributed by atoms with Gasteiger partial charge >= 0.3 is 0 Å². The minimum absolute atomic E-state index is 0.0937. The van der Waals surface area contributed by atoms with E-state index in [1.807, 2.05) is 4.90 Å². The van der Waals surface area contributed by atoms with Gasteiger partial charge in [-0.1, -0.05) is 57.6 Å². The number of piperidine rings is 1. The Morgan fingerprint density at radius 2 is 1.89 bits per heavy atom. The molecule has 1 spiro atoms. The lowest BCUT2D eigenvalue weighted by Crippen LogP contribution is -2.72. The van der Waals surface area contributed by atoms with Gasteiger partial charge in [-0.2, -0.15) is 0 Å². The summed E-state index contributed by atoms with van der Waals surface area (Å²) in [7, 11) is 0. The van der Waals surface area contributed by atoms with E-state index >= 15 is 0 Å². The lowest BCUT2D eigenvalue weighted by molar-refractivity contribution is -0.161. The van der Waals surface area contributed by atoms with Crippen LogP contribution in [0.5, 0.6) is 5.75 Å². The molecule has 0 unspecified atom stereocenters. The molecule has 2 amide bonds. The number of nitrogens with zero attached hydrogens (tertiary/aromatic N) is 2. The molecule has 1 aliphatic carbocycles. The zero-order chi connectivity index (χ0) is 24.3. The molecule has 3 aliphatic heterocycles. The zero-order valence-electron chi connectivity index (χ0n) is 21.5. The molecule has 0 radical (unpaired) electrons. The van der Waals surface area contributed by atoms with Gasteiger partial charge in [0, 0.05) is 32.6 Å². The highest BCUT2D eigenvalue weighted by Gasteiger charge is 2.53. The highest BCUT2D eigenvalue weighted by atomic mass is 16.5. The predicted molar refractivity (Wildman–Crippen MR) is 137 cm³/mol. The van der Waals surface area contributed by atoms with Crippen LogP contribution in [0.4, 0.5) is 0 Å². The summed E-state index contributed by atoms with van der Waals surface area (Å²) < 4.78 is 5.65. The van der Waals surface area contributed by atoms with Crippen LogP contribution in [-0.2, 0) is 22.6 Å². The number of hydrogen-bond acceptors (Lipinski definition) is 4. The first-order chi connectivity index (χ1) is 17.1. The van der Waals surface area contributed by atoms with Crippen LogP contribution in [0.3, 0.4) is 0 Å². The lowest BCUT2D eigenvalue weighted by atomic mass is 9.80. The quantitative estimate of drug-likeness (QED) is 0.596. The van der Waals surface area contributed by atoms with E-state index in [1.54, 1.807) is 0 Å². The van der Waals surface area contributed by atoms with Crippen molar-refractivity contribution in [2.45, 2.75) is 102 Å². The topological polar surface area (TPSA) is 61.9 Å². The first-order valence-corrected chi connectivity index (χ1v) is 14.2. The Balaban J connectivity index is 1.23. The molecule has 0 bridgehead atoms. The molecule has 0 aromatic heterocycles. The number of piperazine rings is 1. The van der Waals surface area contributed by atoms with E-state index in [0.29, 0.717) is 6.54 Å². The van der Waals surface area contributed by atoms with Gasteiger partial charge in [-0.05, 0) is 55.2 Å². The Bertz CT molecular complexity index is 902. The van der Waals surface area contributed by atoms with Crippen LogP contribution < -0.4 is 10.1 Å². The Morgan fingerprint density at radius 3 is 2.66 bits per heavy atom. The number of likely N-dealkylation sites (tertiary alicyclic amines) is 1. The molecule has 192 valence electrons. The second-order valence-electron chi connectivity index (χ2n) is 11.3. The van der Waals surface area contributed by atoms with Crippen molar-refractivity contribution in [3.05, 3.63) is 29.3 Å². The molecule has 1 N–H and O–H groups in total. The molecule has 4 aliphatic rings. The first-order valence-electron chi connectivity index (χ1n) is 14.2. The van der Waals surface area contributed by atoms with Crippen molar-refractivity contribution >= 4 is 11.8 Å². The fourth-order valence-corrected chi connectivity index (χ4v) is 6.76. The van der Waals surface area contributed by atoms with E-state index in [0.717, 1.165) is 82.9 Å². The van der Waals surface area contributed by atoms with Crippen molar-refractivity contribution in [3.63, 3.8) is 0 Å². The third-order valence-electron chi connectivity index (χ3n) is 8.98. The number of hydrogen-bond donors (Lipinski definition) is 1. The fourth-order valence-electron chi connectivity index (χ4n) is 6.76. The summed E-state index contributed by atoms with van der Waals surface area (Å²) >= 11 is 0. The van der Waals surface area contributed by atoms with Crippen molar-refractivity contribution in [2.24, 2.45) is 5.92 Å². The van der Waals surface area contributed by atoms with Gasteiger partial charge in [-0.25, -0.2) is 0 Å². The second kappa shape index (κ2) is 10.9. The van der Waals surface area contributed by atoms with Gasteiger partial charge in [0.05, 0.1) is 6.61 Å². The number of carbonyl (C=O) groups excluding carboxylic acids is 2. The molecule has 1 atom stereocenters. The predicted octanol–water partition coefficient (Wildman–Crippen LogP) is 4.44. The molecule has 6 nitrogen and oxygen atoms in total. The number of amides is 2. The SMILES string of the molecule is CCCCN1C(=O)[C@H](CCC2CCCCC2)NC(=O)C12CCN(Cc1ccc3c(c1)CCO3)CC2. The minimum Gasteiger partial charge on any atom is -0.493 e. The highest BCUT2D eigenvalue weighted by molar-refractivity contribution is 6.00. The summed E-state index contributed by atoms with van der Waals surface area (Å²) in [6, 6.07) is 6.19. The van der Waals surface area contributed by atoms with Crippen molar-refractivity contribution < 1.29 is 14.3 Å². The van der Waals surface area contributed by atoms with Gasteiger partial charge in [-0.15, -0.1) is 0 Å². The van der Waals surface area contributed by atoms with E-state index < -0.39 is 5.54 Å². The van der Waals surface area contributed by atoms with E-state index in [-0.39, 0.29) is 17.9 Å². The average molecular weight is 482 g/mol. The number of benzene rings is 1. The summed E-state index contributed by atoms with van der Waals surface area (Å²) in [5.74, 6) is 2.01. The lowest BCUT2D eigenvalue weighted by Gasteiger charge is -2.52. The van der Waals surface area contributed by atoms with Gasteiger partial charge < -0.3 is 15.0 Å². The molecule has 6 heteroatoms. The van der Waals surface area contributed by atoms with E-state index in [9.17, 15) is 9.59 Å². The van der Waals surface area contributed by atoms with Gasteiger partial charge in [0.15, 0.2) is 0 Å². The Morgan fingerprint density at radius 1 is 1.09 bits per heavy atom. The van der Waals surface area contributed by atoms with E-state index in [4.69, 9.17) is 4.74 Å². The maximum Gasteiger partial charge on any atom is 0.246 e. The first kappa shape index (κ1) is 24.6. The molecule has 1 aromatic rings. The number of carbonyl (C=O) groups is 2. The normalized spacial score (nSPS) is 24.9. The van der Waals surface area contributed by atoms with Crippen LogP contribution in [0.2, 0.25) is 0 Å². The van der Waals surface area contributed by atoms with Gasteiger partial charge in [0.2, 0.25) is 11.8 Å². The van der Waals surface area contributed by atoms with Crippen LogP contribution in [0, 0.1) is 5.92 Å². The molecule has 1 saturated carbocycles. The third kappa shape index (κ3) is 5.23. The third-order valence-corrected chi connectivity index (χ3v) is 8.98. The molecular formula is C29H43N3O3. The maximum absolute atomic E-state index is 13.7. The summed E-state index contributed by atoms with van der Waals surface area (Å²) in [6.07, 6.45) is 12.8. The smallest absolute Gasteiger partial charge is 0.246 e. The largest absolute Gasteiger partial charge is 0.493 e. The van der Waals surface area contributed by atoms with Crippen LogP contribution >= 0.6 is 0 Å². The monoisotopic (exact) mass is 481 g/mol. The fraction of sp³-hybridized carbons (Fsp3) is 0.724. The van der Waals surface area contributed by atoms with Crippen molar-refractivity contribution in [3.8, 4) is 5.75 Å². The summed E-state index contributed by atoms with van der Waals surface area (Å²) in [5.41, 5.74) is 1.94. The van der Waals surface area contributed by atoms with E-state index in [2.05, 4.69) is 35.3 Å². The molecule has 3 fully saturated rings.